The zero-order chi connectivity index (χ0) is 33.1. The Balaban J connectivity index is 1.37. The summed E-state index contributed by atoms with van der Waals surface area (Å²) < 4.78 is 23.6. The average molecular weight is 640 g/mol. The van der Waals surface area contributed by atoms with Crippen molar-refractivity contribution >= 4 is 28.6 Å². The smallest absolute Gasteiger partial charge is 0.338 e. The number of esters is 2. The van der Waals surface area contributed by atoms with E-state index in [4.69, 9.17) is 18.6 Å². The van der Waals surface area contributed by atoms with E-state index >= 15 is 0 Å². The molecule has 1 heterocycles. The molecule has 0 aliphatic rings. The Morgan fingerprint density at radius 3 is 2.25 bits per heavy atom. The van der Waals surface area contributed by atoms with E-state index in [9.17, 15) is 9.59 Å². The van der Waals surface area contributed by atoms with Crippen LogP contribution < -0.4 is 10.1 Å². The van der Waals surface area contributed by atoms with Gasteiger partial charge in [-0.1, -0.05) is 103 Å². The lowest BCUT2D eigenvalue weighted by Gasteiger charge is -2.23. The van der Waals surface area contributed by atoms with Gasteiger partial charge in [0.2, 0.25) is 0 Å². The minimum atomic E-state index is -0.441. The number of carbonyl (C=O) groups is 2. The first-order chi connectivity index (χ1) is 23.6. The predicted octanol–water partition coefficient (Wildman–Crippen LogP) is 9.38. The highest BCUT2D eigenvalue weighted by molar-refractivity contribution is 6.00. The lowest BCUT2D eigenvalue weighted by atomic mass is 9.93. The van der Waals surface area contributed by atoms with Crippen molar-refractivity contribution in [3.05, 3.63) is 156 Å². The second kappa shape index (κ2) is 15.6. The van der Waals surface area contributed by atoms with Gasteiger partial charge in [-0.15, -0.1) is 0 Å². The fraction of sp³-hybridized carbons (Fsp3) is 0.171. The van der Waals surface area contributed by atoms with E-state index in [0.29, 0.717) is 42.3 Å². The van der Waals surface area contributed by atoms with Gasteiger partial charge in [0.25, 0.3) is 0 Å². The van der Waals surface area contributed by atoms with Crippen molar-refractivity contribution in [1.29, 1.82) is 0 Å². The number of furan rings is 1. The minimum Gasteiger partial charge on any atom is -0.493 e. The number of fused-ring (bicyclic) bond motifs is 1. The van der Waals surface area contributed by atoms with Gasteiger partial charge in [-0.05, 0) is 60.4 Å². The molecule has 0 amide bonds. The van der Waals surface area contributed by atoms with Crippen LogP contribution in [0.5, 0.6) is 5.75 Å². The molecule has 1 atom stereocenters. The summed E-state index contributed by atoms with van der Waals surface area (Å²) in [5, 5.41) is 4.66. The van der Waals surface area contributed by atoms with Crippen molar-refractivity contribution in [3.8, 4) is 17.1 Å². The molecular formula is C41H37NO6. The molecule has 0 spiro atoms. The first-order valence-electron chi connectivity index (χ1n) is 16.1. The van der Waals surface area contributed by atoms with Gasteiger partial charge in [0.05, 0.1) is 36.1 Å². The van der Waals surface area contributed by atoms with Crippen molar-refractivity contribution in [1.82, 2.24) is 0 Å². The van der Waals surface area contributed by atoms with E-state index in [1.807, 2.05) is 127 Å². The predicted molar refractivity (Wildman–Crippen MR) is 187 cm³/mol. The summed E-state index contributed by atoms with van der Waals surface area (Å²) in [6.07, 6.45) is 0.797. The van der Waals surface area contributed by atoms with Crippen LogP contribution in [0.3, 0.4) is 0 Å². The second-order valence-corrected chi connectivity index (χ2v) is 11.2. The van der Waals surface area contributed by atoms with E-state index in [2.05, 4.69) is 5.32 Å². The largest absolute Gasteiger partial charge is 0.493 e. The summed E-state index contributed by atoms with van der Waals surface area (Å²) in [7, 11) is 0. The highest BCUT2D eigenvalue weighted by Crippen LogP contribution is 2.44. The molecule has 0 saturated carbocycles. The fourth-order valence-electron chi connectivity index (χ4n) is 5.66. The molecule has 1 unspecified atom stereocenters. The molecule has 7 heteroatoms. The van der Waals surface area contributed by atoms with Crippen LogP contribution in [-0.4, -0.2) is 25.2 Å². The van der Waals surface area contributed by atoms with Crippen LogP contribution in [0, 0.1) is 0 Å². The van der Waals surface area contributed by atoms with E-state index in [1.165, 1.54) is 0 Å². The second-order valence-electron chi connectivity index (χ2n) is 11.2. The lowest BCUT2D eigenvalue weighted by Crippen LogP contribution is -2.18. The molecule has 0 aliphatic heterocycles. The number of carbonyl (C=O) groups excluding carboxylic acids is 2. The normalized spacial score (nSPS) is 11.5. The van der Waals surface area contributed by atoms with Crippen LogP contribution in [0.25, 0.3) is 22.3 Å². The Bertz CT molecular complexity index is 1970. The lowest BCUT2D eigenvalue weighted by molar-refractivity contribution is -0.143. The summed E-state index contributed by atoms with van der Waals surface area (Å²) in [5.74, 6) is 0.581. The molecule has 0 radical (unpaired) electrons. The number of rotatable bonds is 14. The molecule has 0 saturated heterocycles. The Labute approximate surface area is 280 Å². The summed E-state index contributed by atoms with van der Waals surface area (Å²) in [5.41, 5.74) is 5.33. The molecule has 0 aliphatic carbocycles. The zero-order valence-electron chi connectivity index (χ0n) is 26.8. The SMILES string of the molecule is CCOC(=O)CCCOc1ccccc1-c1oc2ccccc2c1NC(c1ccccc1)c1ccccc1C(=O)OCc1ccccc1. The summed E-state index contributed by atoms with van der Waals surface area (Å²) in [6.45, 7) is 2.66. The maximum atomic E-state index is 13.6. The maximum Gasteiger partial charge on any atom is 0.338 e. The molecule has 0 fully saturated rings. The number of benzene rings is 5. The van der Waals surface area contributed by atoms with Crippen LogP contribution in [-0.2, 0) is 20.9 Å². The van der Waals surface area contributed by atoms with Crippen LogP contribution in [0.1, 0.15) is 52.9 Å². The summed E-state index contributed by atoms with van der Waals surface area (Å²) >= 11 is 0. The van der Waals surface area contributed by atoms with E-state index in [-0.39, 0.29) is 19.0 Å². The first kappa shape index (κ1) is 32.1. The summed E-state index contributed by atoms with van der Waals surface area (Å²) in [6, 6.07) is 42.2. The van der Waals surface area contributed by atoms with Crippen LogP contribution in [0.2, 0.25) is 0 Å². The van der Waals surface area contributed by atoms with Gasteiger partial charge < -0.3 is 23.9 Å². The Hall–Kier alpha value is -5.82. The zero-order valence-corrected chi connectivity index (χ0v) is 26.8. The number of nitrogens with one attached hydrogen (secondary N) is 1. The van der Waals surface area contributed by atoms with Crippen LogP contribution >= 0.6 is 0 Å². The van der Waals surface area contributed by atoms with Crippen molar-refractivity contribution in [2.24, 2.45) is 0 Å². The van der Waals surface area contributed by atoms with Crippen molar-refractivity contribution < 1.29 is 28.2 Å². The Morgan fingerprint density at radius 2 is 1.44 bits per heavy atom. The van der Waals surface area contributed by atoms with E-state index in [1.54, 1.807) is 13.0 Å². The third-order valence-corrected chi connectivity index (χ3v) is 7.94. The first-order valence-corrected chi connectivity index (χ1v) is 16.1. The highest BCUT2D eigenvalue weighted by atomic mass is 16.5. The molecule has 242 valence electrons. The standard InChI is InChI=1S/C41H37NO6/c1-2-45-37(43)26-15-27-46-35-24-13-12-23-34(35)40-39(33-22-11-14-25-36(33)48-40)42-38(30-18-7-4-8-19-30)31-20-9-10-21-32(31)41(44)47-28-29-16-5-3-6-17-29/h3-14,16-25,38,42H,2,15,26-28H2,1H3. The molecule has 1 N–H and O–H groups in total. The number of hydrogen-bond acceptors (Lipinski definition) is 7. The topological polar surface area (TPSA) is 87.0 Å². The number of para-hydroxylation sites is 2. The molecule has 1 aromatic heterocycles. The Kier molecular flexibility index (Phi) is 10.5. The third-order valence-electron chi connectivity index (χ3n) is 7.94. The van der Waals surface area contributed by atoms with Crippen molar-refractivity contribution in [2.45, 2.75) is 32.4 Å². The molecule has 7 nitrogen and oxygen atoms in total. The van der Waals surface area contributed by atoms with Gasteiger partial charge in [-0.3, -0.25) is 4.79 Å². The van der Waals surface area contributed by atoms with Gasteiger partial charge in [0, 0.05) is 11.8 Å². The summed E-state index contributed by atoms with van der Waals surface area (Å²) in [4.78, 5) is 25.5. The molecular weight excluding hydrogens is 602 g/mol. The monoisotopic (exact) mass is 639 g/mol. The molecule has 0 bridgehead atoms. The Morgan fingerprint density at radius 1 is 0.750 bits per heavy atom. The van der Waals surface area contributed by atoms with E-state index < -0.39 is 12.0 Å². The van der Waals surface area contributed by atoms with Crippen LogP contribution in [0.15, 0.2) is 138 Å². The third kappa shape index (κ3) is 7.58. The molecule has 5 aromatic carbocycles. The number of ether oxygens (including phenoxy) is 3. The maximum absolute atomic E-state index is 13.6. The van der Waals surface area contributed by atoms with Crippen LogP contribution in [0.4, 0.5) is 5.69 Å². The average Bonchev–Trinajstić information content (AvgIpc) is 3.50. The van der Waals surface area contributed by atoms with Gasteiger partial charge in [-0.25, -0.2) is 4.79 Å². The van der Waals surface area contributed by atoms with Gasteiger partial charge in [-0.2, -0.15) is 0 Å². The highest BCUT2D eigenvalue weighted by Gasteiger charge is 2.26. The van der Waals surface area contributed by atoms with Crippen molar-refractivity contribution in [3.63, 3.8) is 0 Å². The van der Waals surface area contributed by atoms with Gasteiger partial charge in [0.1, 0.15) is 17.9 Å². The molecule has 48 heavy (non-hydrogen) atoms. The number of anilines is 1. The minimum absolute atomic E-state index is 0.171. The van der Waals surface area contributed by atoms with E-state index in [0.717, 1.165) is 33.3 Å². The molecule has 6 rings (SSSR count). The van der Waals surface area contributed by atoms with Gasteiger partial charge >= 0.3 is 11.9 Å². The fourth-order valence-corrected chi connectivity index (χ4v) is 5.66. The number of hydrogen-bond donors (Lipinski definition) is 1. The van der Waals surface area contributed by atoms with Gasteiger partial charge in [0.15, 0.2) is 5.76 Å². The quantitative estimate of drug-likeness (QED) is 0.0939. The van der Waals surface area contributed by atoms with Crippen molar-refractivity contribution in [2.75, 3.05) is 18.5 Å². The molecule has 6 aromatic rings.